The lowest BCUT2D eigenvalue weighted by atomic mass is 9.88. The summed E-state index contributed by atoms with van der Waals surface area (Å²) >= 11 is 12.0. The van der Waals surface area contributed by atoms with E-state index < -0.39 is 12.1 Å². The number of benzene rings is 1. The molecular weight excluding hydrogens is 387 g/mol. The zero-order valence-corrected chi connectivity index (χ0v) is 16.5. The molecule has 2 N–H and O–H groups in total. The SMILES string of the molecule is CN(c1ccc(Cl)c(C(=O)NC(O)C2CCCCC2)c1)c1ccc(Cl)nn1. The molecule has 0 radical (unpaired) electrons. The van der Waals surface area contributed by atoms with Crippen LogP contribution in [0.2, 0.25) is 10.2 Å². The third kappa shape index (κ3) is 4.89. The van der Waals surface area contributed by atoms with Gasteiger partial charge in [0, 0.05) is 18.7 Å². The molecule has 0 bridgehead atoms. The van der Waals surface area contributed by atoms with Gasteiger partial charge in [-0.05, 0) is 43.2 Å². The lowest BCUT2D eigenvalue weighted by molar-refractivity contribution is 0.0463. The first-order valence-corrected chi connectivity index (χ1v) is 9.73. The Hall–Kier alpha value is -1.89. The van der Waals surface area contributed by atoms with Gasteiger partial charge in [0.05, 0.1) is 10.6 Å². The number of rotatable bonds is 5. The Morgan fingerprint density at radius 2 is 1.93 bits per heavy atom. The van der Waals surface area contributed by atoms with Crippen LogP contribution in [0.15, 0.2) is 30.3 Å². The van der Waals surface area contributed by atoms with Crippen molar-refractivity contribution >= 4 is 40.6 Å². The number of anilines is 2. The van der Waals surface area contributed by atoms with Crippen molar-refractivity contribution in [2.24, 2.45) is 5.92 Å². The Bertz CT molecular complexity index is 795. The van der Waals surface area contributed by atoms with Crippen LogP contribution in [0, 0.1) is 5.92 Å². The van der Waals surface area contributed by atoms with Crippen molar-refractivity contribution in [3.63, 3.8) is 0 Å². The molecular formula is C19H22Cl2N4O2. The number of hydrogen-bond donors (Lipinski definition) is 2. The van der Waals surface area contributed by atoms with Gasteiger partial charge >= 0.3 is 0 Å². The number of hydrogen-bond acceptors (Lipinski definition) is 5. The molecule has 1 saturated carbocycles. The van der Waals surface area contributed by atoms with E-state index in [0.717, 1.165) is 25.7 Å². The lowest BCUT2D eigenvalue weighted by Gasteiger charge is -2.27. The average molecular weight is 409 g/mol. The Morgan fingerprint density at radius 1 is 1.19 bits per heavy atom. The number of aliphatic hydroxyl groups is 1. The predicted molar refractivity (Wildman–Crippen MR) is 107 cm³/mol. The van der Waals surface area contributed by atoms with E-state index in [1.54, 1.807) is 42.3 Å². The number of aliphatic hydroxyl groups excluding tert-OH is 1. The zero-order valence-electron chi connectivity index (χ0n) is 15.0. The zero-order chi connectivity index (χ0) is 19.4. The van der Waals surface area contributed by atoms with Crippen molar-refractivity contribution in [2.75, 3.05) is 11.9 Å². The number of nitrogens with one attached hydrogen (secondary N) is 1. The minimum absolute atomic E-state index is 0.0941. The summed E-state index contributed by atoms with van der Waals surface area (Å²) in [5.41, 5.74) is 1.02. The van der Waals surface area contributed by atoms with Crippen molar-refractivity contribution in [3.8, 4) is 0 Å². The number of amides is 1. The molecule has 1 aliphatic rings. The lowest BCUT2D eigenvalue weighted by Crippen LogP contribution is -2.41. The monoisotopic (exact) mass is 408 g/mol. The fraction of sp³-hybridized carbons (Fsp3) is 0.421. The summed E-state index contributed by atoms with van der Waals surface area (Å²) in [6, 6.07) is 8.48. The quantitative estimate of drug-likeness (QED) is 0.725. The van der Waals surface area contributed by atoms with E-state index in [1.165, 1.54) is 6.42 Å². The number of halogens is 2. The first-order valence-electron chi connectivity index (χ1n) is 8.97. The molecule has 1 aliphatic carbocycles. The Balaban J connectivity index is 1.75. The second-order valence-electron chi connectivity index (χ2n) is 6.75. The summed E-state index contributed by atoms with van der Waals surface area (Å²) in [5.74, 6) is 0.280. The summed E-state index contributed by atoms with van der Waals surface area (Å²) in [6.45, 7) is 0. The molecule has 1 aromatic heterocycles. The molecule has 3 rings (SSSR count). The Morgan fingerprint density at radius 3 is 2.59 bits per heavy atom. The van der Waals surface area contributed by atoms with Crippen LogP contribution in [0.25, 0.3) is 0 Å². The molecule has 1 heterocycles. The minimum atomic E-state index is -0.864. The van der Waals surface area contributed by atoms with Gasteiger partial charge in [-0.2, -0.15) is 0 Å². The number of carbonyl (C=O) groups is 1. The maximum Gasteiger partial charge on any atom is 0.254 e. The summed E-state index contributed by atoms with van der Waals surface area (Å²) < 4.78 is 0. The highest BCUT2D eigenvalue weighted by molar-refractivity contribution is 6.34. The largest absolute Gasteiger partial charge is 0.373 e. The van der Waals surface area contributed by atoms with Crippen LogP contribution >= 0.6 is 23.2 Å². The molecule has 1 amide bonds. The van der Waals surface area contributed by atoms with E-state index in [9.17, 15) is 9.90 Å². The van der Waals surface area contributed by atoms with Crippen LogP contribution < -0.4 is 10.2 Å². The molecule has 2 aromatic rings. The Kier molecular flexibility index (Phi) is 6.52. The third-order valence-corrected chi connectivity index (χ3v) is 5.45. The van der Waals surface area contributed by atoms with E-state index in [1.807, 2.05) is 0 Å². The van der Waals surface area contributed by atoms with Gasteiger partial charge in [0.15, 0.2) is 11.0 Å². The van der Waals surface area contributed by atoms with Gasteiger partial charge < -0.3 is 15.3 Å². The van der Waals surface area contributed by atoms with Crippen molar-refractivity contribution in [3.05, 3.63) is 46.1 Å². The van der Waals surface area contributed by atoms with Gasteiger partial charge in [-0.3, -0.25) is 4.79 Å². The van der Waals surface area contributed by atoms with E-state index >= 15 is 0 Å². The molecule has 1 unspecified atom stereocenters. The number of nitrogens with zero attached hydrogens (tertiary/aromatic N) is 3. The van der Waals surface area contributed by atoms with Gasteiger partial charge in [-0.25, -0.2) is 0 Å². The first-order chi connectivity index (χ1) is 13.0. The van der Waals surface area contributed by atoms with Crippen LogP contribution in [-0.2, 0) is 0 Å². The van der Waals surface area contributed by atoms with Crippen LogP contribution in [0.5, 0.6) is 0 Å². The Labute approximate surface area is 168 Å². The second-order valence-corrected chi connectivity index (χ2v) is 7.55. The van der Waals surface area contributed by atoms with E-state index in [4.69, 9.17) is 23.2 Å². The molecule has 1 aromatic carbocycles. The van der Waals surface area contributed by atoms with Crippen LogP contribution in [-0.4, -0.2) is 34.5 Å². The number of aromatic nitrogens is 2. The van der Waals surface area contributed by atoms with Gasteiger partial charge in [0.1, 0.15) is 6.23 Å². The molecule has 8 heteroatoms. The van der Waals surface area contributed by atoms with Crippen molar-refractivity contribution in [1.82, 2.24) is 15.5 Å². The van der Waals surface area contributed by atoms with Gasteiger partial charge in [0.25, 0.3) is 5.91 Å². The molecule has 0 aliphatic heterocycles. The van der Waals surface area contributed by atoms with Crippen LogP contribution in [0.4, 0.5) is 11.5 Å². The summed E-state index contributed by atoms with van der Waals surface area (Å²) in [4.78, 5) is 14.4. The van der Waals surface area contributed by atoms with Crippen molar-refractivity contribution in [1.29, 1.82) is 0 Å². The maximum absolute atomic E-state index is 12.7. The van der Waals surface area contributed by atoms with Gasteiger partial charge in [0.2, 0.25) is 0 Å². The van der Waals surface area contributed by atoms with E-state index in [-0.39, 0.29) is 5.92 Å². The molecule has 144 valence electrons. The van der Waals surface area contributed by atoms with Gasteiger partial charge in [-0.1, -0.05) is 42.5 Å². The molecule has 6 nitrogen and oxygen atoms in total. The molecule has 0 saturated heterocycles. The van der Waals surface area contributed by atoms with E-state index in [0.29, 0.717) is 27.2 Å². The number of carbonyl (C=O) groups excluding carboxylic acids is 1. The third-order valence-electron chi connectivity index (χ3n) is 4.92. The summed E-state index contributed by atoms with van der Waals surface area (Å²) in [5, 5.41) is 21.5. The second kappa shape index (κ2) is 8.87. The fourth-order valence-corrected chi connectivity index (χ4v) is 3.60. The maximum atomic E-state index is 12.7. The molecule has 1 fully saturated rings. The standard InChI is InChI=1S/C19H22Cl2N4O2/c1-25(17-10-9-16(21)23-24-17)13-7-8-15(20)14(11-13)19(27)22-18(26)12-5-3-2-4-6-12/h7-12,18,26H,2-6H2,1H3,(H,22,27). The highest BCUT2D eigenvalue weighted by Crippen LogP contribution is 2.28. The molecule has 27 heavy (non-hydrogen) atoms. The molecule has 0 spiro atoms. The van der Waals surface area contributed by atoms with Gasteiger partial charge in [-0.15, -0.1) is 10.2 Å². The van der Waals surface area contributed by atoms with Crippen LogP contribution in [0.1, 0.15) is 42.5 Å². The predicted octanol–water partition coefficient (Wildman–Crippen LogP) is 4.18. The normalized spacial score (nSPS) is 16.0. The topological polar surface area (TPSA) is 78.4 Å². The summed E-state index contributed by atoms with van der Waals surface area (Å²) in [6.07, 6.45) is 4.34. The fourth-order valence-electron chi connectivity index (χ4n) is 3.30. The van der Waals surface area contributed by atoms with Crippen molar-refractivity contribution in [2.45, 2.75) is 38.3 Å². The highest BCUT2D eigenvalue weighted by Gasteiger charge is 2.24. The first kappa shape index (κ1) is 19.9. The van der Waals surface area contributed by atoms with Crippen molar-refractivity contribution < 1.29 is 9.90 Å². The average Bonchev–Trinajstić information content (AvgIpc) is 2.69. The summed E-state index contributed by atoms with van der Waals surface area (Å²) in [7, 11) is 1.81. The minimum Gasteiger partial charge on any atom is -0.373 e. The molecule has 1 atom stereocenters. The smallest absolute Gasteiger partial charge is 0.254 e. The van der Waals surface area contributed by atoms with Crippen LogP contribution in [0.3, 0.4) is 0 Å². The highest BCUT2D eigenvalue weighted by atomic mass is 35.5. The van der Waals surface area contributed by atoms with E-state index in [2.05, 4.69) is 15.5 Å².